The van der Waals surface area contributed by atoms with Gasteiger partial charge in [0.1, 0.15) is 17.2 Å². The molecule has 0 saturated carbocycles. The van der Waals surface area contributed by atoms with E-state index in [9.17, 15) is 9.18 Å². The van der Waals surface area contributed by atoms with Crippen LogP contribution in [0, 0.1) is 5.82 Å². The number of carbonyl (C=O) groups is 1. The highest BCUT2D eigenvalue weighted by Gasteiger charge is 2.22. The van der Waals surface area contributed by atoms with Crippen molar-refractivity contribution in [1.29, 1.82) is 0 Å². The smallest absolute Gasteiger partial charge is 0.266 e. The standard InChI is InChI=1S/C18H11FN4OS/c19-14-5-3-12(4-6-14)16-17(13-7-9-20-10-8-13)23(22-21-16)18(24)15-2-1-11-25-15/h1-11H. The summed E-state index contributed by atoms with van der Waals surface area (Å²) in [5.74, 6) is -0.598. The van der Waals surface area contributed by atoms with E-state index < -0.39 is 0 Å². The zero-order chi connectivity index (χ0) is 17.2. The first-order valence-electron chi connectivity index (χ1n) is 7.44. The van der Waals surface area contributed by atoms with Crippen LogP contribution in [0.15, 0.2) is 66.3 Å². The van der Waals surface area contributed by atoms with Crippen LogP contribution >= 0.6 is 11.3 Å². The molecule has 0 N–H and O–H groups in total. The van der Waals surface area contributed by atoms with Gasteiger partial charge in [-0.05, 0) is 47.8 Å². The second kappa shape index (κ2) is 6.37. The van der Waals surface area contributed by atoms with E-state index in [2.05, 4.69) is 15.3 Å². The van der Waals surface area contributed by atoms with E-state index in [0.29, 0.717) is 21.8 Å². The molecule has 1 aromatic carbocycles. The van der Waals surface area contributed by atoms with Gasteiger partial charge in [-0.2, -0.15) is 4.68 Å². The van der Waals surface area contributed by atoms with Crippen molar-refractivity contribution in [3.63, 3.8) is 0 Å². The molecule has 0 radical (unpaired) electrons. The number of nitrogens with zero attached hydrogens (tertiary/aromatic N) is 4. The van der Waals surface area contributed by atoms with Crippen LogP contribution < -0.4 is 0 Å². The minimum atomic E-state index is -0.337. The Balaban J connectivity index is 1.91. The van der Waals surface area contributed by atoms with Crippen molar-refractivity contribution in [3.05, 3.63) is 77.0 Å². The molecule has 0 aliphatic heterocycles. The molecule has 5 nitrogen and oxygen atoms in total. The molecule has 0 fully saturated rings. The molecule has 3 aromatic heterocycles. The van der Waals surface area contributed by atoms with E-state index in [1.54, 1.807) is 42.7 Å². The average molecular weight is 350 g/mol. The molecule has 0 aliphatic carbocycles. The first kappa shape index (κ1) is 15.3. The summed E-state index contributed by atoms with van der Waals surface area (Å²) in [7, 11) is 0. The van der Waals surface area contributed by atoms with Crippen molar-refractivity contribution in [1.82, 2.24) is 20.0 Å². The van der Waals surface area contributed by atoms with Crippen LogP contribution in [0.2, 0.25) is 0 Å². The summed E-state index contributed by atoms with van der Waals surface area (Å²) in [6.07, 6.45) is 3.27. The molecule has 7 heteroatoms. The topological polar surface area (TPSA) is 60.7 Å². The minimum absolute atomic E-state index is 0.261. The quantitative estimate of drug-likeness (QED) is 0.562. The SMILES string of the molecule is O=C(c1cccs1)n1nnc(-c2ccc(F)cc2)c1-c1ccncc1. The predicted octanol–water partition coefficient (Wildman–Crippen LogP) is 3.90. The summed E-state index contributed by atoms with van der Waals surface area (Å²) < 4.78 is 14.5. The number of rotatable bonds is 3. The van der Waals surface area contributed by atoms with Gasteiger partial charge >= 0.3 is 0 Å². The normalized spacial score (nSPS) is 10.8. The Morgan fingerprint density at radius 3 is 2.44 bits per heavy atom. The summed E-state index contributed by atoms with van der Waals surface area (Å²) in [6.45, 7) is 0. The fraction of sp³-hybridized carbons (Fsp3) is 0. The minimum Gasteiger partial charge on any atom is -0.266 e. The maximum Gasteiger partial charge on any atom is 0.290 e. The summed E-state index contributed by atoms with van der Waals surface area (Å²) in [5.41, 5.74) is 2.49. The van der Waals surface area contributed by atoms with Gasteiger partial charge in [0.2, 0.25) is 0 Å². The number of hydrogen-bond acceptors (Lipinski definition) is 5. The van der Waals surface area contributed by atoms with Crippen LogP contribution in [-0.4, -0.2) is 25.9 Å². The molecule has 0 amide bonds. The first-order chi connectivity index (χ1) is 12.2. The Morgan fingerprint density at radius 1 is 1.00 bits per heavy atom. The summed E-state index contributed by atoms with van der Waals surface area (Å²) in [4.78, 5) is 17.4. The average Bonchev–Trinajstić information content (AvgIpc) is 3.32. The summed E-state index contributed by atoms with van der Waals surface area (Å²) in [6, 6.07) is 13.0. The number of halogens is 1. The number of carbonyl (C=O) groups excluding carboxylic acids is 1. The lowest BCUT2D eigenvalue weighted by atomic mass is 10.1. The molecule has 0 unspecified atom stereocenters. The van der Waals surface area contributed by atoms with Gasteiger partial charge in [0.15, 0.2) is 0 Å². The predicted molar refractivity (Wildman–Crippen MR) is 92.7 cm³/mol. The fourth-order valence-electron chi connectivity index (χ4n) is 2.50. The lowest BCUT2D eigenvalue weighted by Gasteiger charge is -2.06. The number of thiophene rings is 1. The molecule has 4 aromatic rings. The molecule has 122 valence electrons. The molecule has 0 spiro atoms. The molecule has 0 saturated heterocycles. The van der Waals surface area contributed by atoms with Gasteiger partial charge in [0, 0.05) is 23.5 Å². The van der Waals surface area contributed by atoms with Crippen LogP contribution in [0.25, 0.3) is 22.5 Å². The highest BCUT2D eigenvalue weighted by atomic mass is 32.1. The molecule has 0 atom stereocenters. The number of aromatic nitrogens is 4. The Kier molecular flexibility index (Phi) is 3.91. The van der Waals surface area contributed by atoms with Crippen molar-refractivity contribution in [3.8, 4) is 22.5 Å². The van der Waals surface area contributed by atoms with Crippen LogP contribution in [0.3, 0.4) is 0 Å². The second-order valence-electron chi connectivity index (χ2n) is 5.22. The summed E-state index contributed by atoms with van der Waals surface area (Å²) >= 11 is 1.34. The van der Waals surface area contributed by atoms with Crippen LogP contribution in [0.5, 0.6) is 0 Å². The summed E-state index contributed by atoms with van der Waals surface area (Å²) in [5, 5.41) is 10.1. The van der Waals surface area contributed by atoms with Crippen molar-refractivity contribution < 1.29 is 9.18 Å². The fourth-order valence-corrected chi connectivity index (χ4v) is 3.15. The Labute approximate surface area is 146 Å². The molecule has 3 heterocycles. The van der Waals surface area contributed by atoms with Crippen LogP contribution in [0.1, 0.15) is 9.67 Å². The van der Waals surface area contributed by atoms with Crippen LogP contribution in [0.4, 0.5) is 4.39 Å². The lowest BCUT2D eigenvalue weighted by Crippen LogP contribution is -2.13. The monoisotopic (exact) mass is 350 g/mol. The zero-order valence-electron chi connectivity index (χ0n) is 12.8. The van der Waals surface area contributed by atoms with Crippen molar-refractivity contribution in [2.75, 3.05) is 0 Å². The van der Waals surface area contributed by atoms with E-state index in [4.69, 9.17) is 0 Å². The van der Waals surface area contributed by atoms with Gasteiger partial charge in [0.05, 0.1) is 4.88 Å². The third kappa shape index (κ3) is 2.85. The molecular formula is C18H11FN4OS. The maximum absolute atomic E-state index is 13.2. The Hall–Kier alpha value is -3.19. The number of hydrogen-bond donors (Lipinski definition) is 0. The second-order valence-corrected chi connectivity index (χ2v) is 6.17. The van der Waals surface area contributed by atoms with E-state index in [1.165, 1.54) is 28.2 Å². The van der Waals surface area contributed by atoms with E-state index in [1.807, 2.05) is 11.4 Å². The zero-order valence-corrected chi connectivity index (χ0v) is 13.7. The Morgan fingerprint density at radius 2 is 1.76 bits per heavy atom. The van der Waals surface area contributed by atoms with Crippen LogP contribution in [-0.2, 0) is 0 Å². The lowest BCUT2D eigenvalue weighted by molar-refractivity contribution is 0.0949. The molecular weight excluding hydrogens is 339 g/mol. The maximum atomic E-state index is 13.2. The highest BCUT2D eigenvalue weighted by molar-refractivity contribution is 7.12. The molecule has 4 rings (SSSR count). The van der Waals surface area contributed by atoms with Crippen molar-refractivity contribution >= 4 is 17.2 Å². The highest BCUT2D eigenvalue weighted by Crippen LogP contribution is 2.30. The van der Waals surface area contributed by atoms with Gasteiger partial charge in [0.25, 0.3) is 5.91 Å². The third-order valence-corrected chi connectivity index (χ3v) is 4.52. The van der Waals surface area contributed by atoms with Gasteiger partial charge < -0.3 is 0 Å². The molecule has 0 bridgehead atoms. The van der Waals surface area contributed by atoms with Gasteiger partial charge in [-0.15, -0.1) is 16.4 Å². The van der Waals surface area contributed by atoms with Crippen molar-refractivity contribution in [2.24, 2.45) is 0 Å². The first-order valence-corrected chi connectivity index (χ1v) is 8.32. The number of benzene rings is 1. The van der Waals surface area contributed by atoms with Crippen molar-refractivity contribution in [2.45, 2.75) is 0 Å². The third-order valence-electron chi connectivity index (χ3n) is 3.67. The van der Waals surface area contributed by atoms with E-state index in [-0.39, 0.29) is 11.7 Å². The number of pyridine rings is 1. The molecule has 0 aliphatic rings. The largest absolute Gasteiger partial charge is 0.290 e. The van der Waals surface area contributed by atoms with Gasteiger partial charge in [-0.25, -0.2) is 4.39 Å². The molecule has 25 heavy (non-hydrogen) atoms. The van der Waals surface area contributed by atoms with Gasteiger partial charge in [-0.1, -0.05) is 11.3 Å². The van der Waals surface area contributed by atoms with Gasteiger partial charge in [-0.3, -0.25) is 9.78 Å². The Bertz CT molecular complexity index is 1010. The van der Waals surface area contributed by atoms with E-state index >= 15 is 0 Å². The van der Waals surface area contributed by atoms with E-state index in [0.717, 1.165) is 5.56 Å².